The van der Waals surface area contributed by atoms with Gasteiger partial charge >= 0.3 is 0 Å². The lowest BCUT2D eigenvalue weighted by Crippen LogP contribution is -2.41. The summed E-state index contributed by atoms with van der Waals surface area (Å²) >= 11 is 0. The Balaban J connectivity index is 1.45. The first kappa shape index (κ1) is 15.2. The molecule has 0 aliphatic carbocycles. The van der Waals surface area contributed by atoms with Crippen molar-refractivity contribution >= 4 is 22.5 Å². The quantitative estimate of drug-likeness (QED) is 0.910. The molecule has 4 fully saturated rings. The first-order valence-corrected chi connectivity index (χ1v) is 9.56. The topological polar surface area (TPSA) is 55.5 Å². The molecule has 0 saturated carbocycles. The Bertz CT molecular complexity index is 786. The number of hydrogen-bond donors (Lipinski definition) is 1. The van der Waals surface area contributed by atoms with Gasteiger partial charge in [0.1, 0.15) is 0 Å². The van der Waals surface area contributed by atoms with E-state index in [9.17, 15) is 4.79 Å². The largest absolute Gasteiger partial charge is 0.371 e. The zero-order chi connectivity index (χ0) is 16.8. The molecule has 5 heterocycles. The summed E-state index contributed by atoms with van der Waals surface area (Å²) in [5.74, 6) is 0.0916. The lowest BCUT2D eigenvalue weighted by molar-refractivity contribution is 0.0681. The van der Waals surface area contributed by atoms with Crippen LogP contribution in [0.1, 0.15) is 36.2 Å². The zero-order valence-corrected chi connectivity index (χ0v) is 14.6. The maximum Gasteiger partial charge on any atom is 0.275 e. The molecule has 25 heavy (non-hydrogen) atoms. The number of benzene rings is 1. The summed E-state index contributed by atoms with van der Waals surface area (Å²) < 4.78 is 0. The van der Waals surface area contributed by atoms with Crippen molar-refractivity contribution in [2.45, 2.75) is 31.7 Å². The van der Waals surface area contributed by atoms with Crippen LogP contribution in [-0.4, -0.2) is 71.2 Å². The minimum atomic E-state index is 0.0916. The number of carbonyl (C=O) groups excluding carboxylic acids is 1. The van der Waals surface area contributed by atoms with Crippen molar-refractivity contribution in [1.82, 2.24) is 20.0 Å². The first-order chi connectivity index (χ1) is 12.3. The van der Waals surface area contributed by atoms with Crippen LogP contribution in [0.2, 0.25) is 0 Å². The third-order valence-corrected chi connectivity index (χ3v) is 6.14. The van der Waals surface area contributed by atoms with Gasteiger partial charge in [0.2, 0.25) is 0 Å². The van der Waals surface area contributed by atoms with Gasteiger partial charge in [-0.15, -0.1) is 0 Å². The van der Waals surface area contributed by atoms with Crippen LogP contribution in [0.3, 0.4) is 0 Å². The fourth-order valence-corrected chi connectivity index (χ4v) is 4.63. The van der Waals surface area contributed by atoms with Crippen molar-refractivity contribution < 1.29 is 4.79 Å². The van der Waals surface area contributed by atoms with Crippen LogP contribution in [0.15, 0.2) is 18.2 Å². The molecule has 1 amide bonds. The van der Waals surface area contributed by atoms with E-state index in [0.717, 1.165) is 63.0 Å². The standard InChI is InChI=1S/C19H25N5O/c25-19(24-12-11-22-9-5-14(24)6-10-22)18-16-4-3-15(13-17(16)20-21-18)23-7-1-2-8-23/h3-4,13-14H,1-2,5-12H2,(H,20,21). The minimum Gasteiger partial charge on any atom is -0.371 e. The van der Waals surface area contributed by atoms with Gasteiger partial charge in [-0.2, -0.15) is 5.10 Å². The molecular weight excluding hydrogens is 314 g/mol. The Hall–Kier alpha value is -2.08. The number of fused-ring (bicyclic) bond motifs is 5. The average Bonchev–Trinajstić information content (AvgIpc) is 3.23. The third kappa shape index (κ3) is 2.59. The van der Waals surface area contributed by atoms with E-state index in [1.54, 1.807) is 0 Å². The molecule has 1 aromatic heterocycles. The maximum atomic E-state index is 13.2. The summed E-state index contributed by atoms with van der Waals surface area (Å²) in [4.78, 5) is 20.1. The fraction of sp³-hybridized carbons (Fsp3) is 0.579. The van der Waals surface area contributed by atoms with Gasteiger partial charge in [0.25, 0.3) is 5.91 Å². The number of piperidine rings is 1. The van der Waals surface area contributed by atoms with Gasteiger partial charge in [-0.05, 0) is 43.9 Å². The number of carbonyl (C=O) groups is 1. The van der Waals surface area contributed by atoms with Crippen LogP contribution in [0.4, 0.5) is 5.69 Å². The van der Waals surface area contributed by atoms with Crippen LogP contribution in [0.25, 0.3) is 10.9 Å². The summed E-state index contributed by atoms with van der Waals surface area (Å²) in [5.41, 5.74) is 2.78. The van der Waals surface area contributed by atoms with Gasteiger partial charge in [-0.1, -0.05) is 0 Å². The van der Waals surface area contributed by atoms with Crippen molar-refractivity contribution in [2.24, 2.45) is 0 Å². The first-order valence-electron chi connectivity index (χ1n) is 9.56. The number of nitrogens with zero attached hydrogens (tertiary/aromatic N) is 4. The van der Waals surface area contributed by atoms with Gasteiger partial charge < -0.3 is 14.7 Å². The van der Waals surface area contributed by atoms with E-state index in [0.29, 0.717) is 11.7 Å². The molecule has 1 N–H and O–H groups in total. The van der Waals surface area contributed by atoms with E-state index in [1.807, 2.05) is 0 Å². The summed E-state index contributed by atoms with van der Waals surface area (Å²) in [6.07, 6.45) is 4.70. The van der Waals surface area contributed by atoms with E-state index in [1.165, 1.54) is 18.5 Å². The van der Waals surface area contributed by atoms with Crippen LogP contribution in [0, 0.1) is 0 Å². The highest BCUT2D eigenvalue weighted by Crippen LogP contribution is 2.28. The number of nitrogens with one attached hydrogen (secondary N) is 1. The molecule has 6 nitrogen and oxygen atoms in total. The maximum absolute atomic E-state index is 13.2. The molecule has 2 aromatic rings. The molecule has 0 unspecified atom stereocenters. The second-order valence-corrected chi connectivity index (χ2v) is 7.57. The van der Waals surface area contributed by atoms with Crippen molar-refractivity contribution in [3.05, 3.63) is 23.9 Å². The van der Waals surface area contributed by atoms with Crippen molar-refractivity contribution in [2.75, 3.05) is 44.2 Å². The minimum absolute atomic E-state index is 0.0916. The molecule has 132 valence electrons. The van der Waals surface area contributed by atoms with Crippen LogP contribution < -0.4 is 4.90 Å². The Morgan fingerprint density at radius 2 is 1.84 bits per heavy atom. The Kier molecular flexibility index (Phi) is 3.66. The Labute approximate surface area is 147 Å². The Morgan fingerprint density at radius 1 is 1.04 bits per heavy atom. The fourth-order valence-electron chi connectivity index (χ4n) is 4.63. The number of rotatable bonds is 2. The van der Waals surface area contributed by atoms with E-state index >= 15 is 0 Å². The van der Waals surface area contributed by atoms with Crippen LogP contribution in [0.5, 0.6) is 0 Å². The van der Waals surface area contributed by atoms with E-state index in [2.05, 4.69) is 43.1 Å². The second kappa shape index (κ2) is 6.02. The number of H-pyrrole nitrogens is 1. The van der Waals surface area contributed by atoms with E-state index in [-0.39, 0.29) is 5.91 Å². The smallest absolute Gasteiger partial charge is 0.275 e. The zero-order valence-electron chi connectivity index (χ0n) is 14.6. The predicted molar refractivity (Wildman–Crippen MR) is 98.0 cm³/mol. The van der Waals surface area contributed by atoms with Gasteiger partial charge in [-0.3, -0.25) is 9.89 Å². The molecule has 4 aliphatic heterocycles. The van der Waals surface area contributed by atoms with Crippen LogP contribution >= 0.6 is 0 Å². The van der Waals surface area contributed by atoms with Crippen LogP contribution in [-0.2, 0) is 0 Å². The summed E-state index contributed by atoms with van der Waals surface area (Å²) in [7, 11) is 0. The lowest BCUT2D eigenvalue weighted by atomic mass is 10.0. The normalized spacial score (nSPS) is 26.4. The molecule has 1 aromatic carbocycles. The number of aromatic amines is 1. The summed E-state index contributed by atoms with van der Waals surface area (Å²) in [6, 6.07) is 6.73. The molecular formula is C19H25N5O. The molecule has 0 spiro atoms. The third-order valence-electron chi connectivity index (χ3n) is 6.14. The summed E-state index contributed by atoms with van der Waals surface area (Å²) in [6.45, 7) is 6.30. The van der Waals surface area contributed by atoms with Gasteiger partial charge in [0, 0.05) is 56.4 Å². The number of aromatic nitrogens is 2. The monoisotopic (exact) mass is 339 g/mol. The molecule has 6 heteroatoms. The van der Waals surface area contributed by atoms with Gasteiger partial charge in [0.05, 0.1) is 5.52 Å². The summed E-state index contributed by atoms with van der Waals surface area (Å²) in [5, 5.41) is 8.45. The lowest BCUT2D eigenvalue weighted by Gasteiger charge is -2.31. The highest BCUT2D eigenvalue weighted by molar-refractivity contribution is 6.05. The van der Waals surface area contributed by atoms with Crippen molar-refractivity contribution in [3.63, 3.8) is 0 Å². The van der Waals surface area contributed by atoms with E-state index < -0.39 is 0 Å². The Morgan fingerprint density at radius 3 is 2.64 bits per heavy atom. The predicted octanol–water partition coefficient (Wildman–Crippen LogP) is 2.08. The van der Waals surface area contributed by atoms with Gasteiger partial charge in [0.15, 0.2) is 5.69 Å². The molecule has 2 bridgehead atoms. The number of hydrogen-bond acceptors (Lipinski definition) is 4. The van der Waals surface area contributed by atoms with E-state index in [4.69, 9.17) is 0 Å². The SMILES string of the molecule is O=C(c1n[nH]c2cc(N3CCCC3)ccc12)N1CCN2CCC1CC2. The highest BCUT2D eigenvalue weighted by atomic mass is 16.2. The molecule has 6 rings (SSSR count). The molecule has 4 saturated heterocycles. The molecule has 4 aliphatic rings. The average molecular weight is 339 g/mol. The number of anilines is 1. The number of amides is 1. The molecule has 0 atom stereocenters. The second-order valence-electron chi connectivity index (χ2n) is 7.57. The highest BCUT2D eigenvalue weighted by Gasteiger charge is 2.33. The molecule has 0 radical (unpaired) electrons. The van der Waals surface area contributed by atoms with Crippen molar-refractivity contribution in [1.29, 1.82) is 0 Å². The van der Waals surface area contributed by atoms with Crippen molar-refractivity contribution in [3.8, 4) is 0 Å². The van der Waals surface area contributed by atoms with Gasteiger partial charge in [-0.25, -0.2) is 0 Å².